The average Bonchev–Trinajstić information content (AvgIpc) is 2.57. The van der Waals surface area contributed by atoms with Crippen LogP contribution in [0.1, 0.15) is 44.9 Å². The van der Waals surface area contributed by atoms with E-state index in [2.05, 4.69) is 21.7 Å². The lowest BCUT2D eigenvalue weighted by atomic mass is 9.87. The highest BCUT2D eigenvalue weighted by atomic mass is 16.3. The Bertz CT molecular complexity index is 388. The van der Waals surface area contributed by atoms with Gasteiger partial charge in [-0.05, 0) is 51.7 Å². The fourth-order valence-corrected chi connectivity index (χ4v) is 4.44. The van der Waals surface area contributed by atoms with E-state index in [-0.39, 0.29) is 6.10 Å². The van der Waals surface area contributed by atoms with Gasteiger partial charge in [-0.15, -0.1) is 0 Å². The van der Waals surface area contributed by atoms with Crippen LogP contribution in [0.25, 0.3) is 0 Å². The largest absolute Gasteiger partial charge is 0.391 e. The number of carbonyl (C=O) groups is 1. The molecular weight excluding hydrogens is 290 g/mol. The van der Waals surface area contributed by atoms with Gasteiger partial charge in [0.05, 0.1) is 6.10 Å². The highest BCUT2D eigenvalue weighted by Crippen LogP contribution is 2.29. The number of likely N-dealkylation sites (N-methyl/N-ethyl adjacent to an activating group) is 1. The molecule has 1 N–H and O–H groups in total. The van der Waals surface area contributed by atoms with Crippen molar-refractivity contribution in [3.05, 3.63) is 0 Å². The molecule has 2 atom stereocenters. The highest BCUT2D eigenvalue weighted by Gasteiger charge is 2.32. The van der Waals surface area contributed by atoms with Crippen molar-refractivity contribution < 1.29 is 9.90 Å². The molecule has 0 spiro atoms. The van der Waals surface area contributed by atoms with Crippen molar-refractivity contribution in [2.75, 3.05) is 46.3 Å². The lowest BCUT2D eigenvalue weighted by Crippen LogP contribution is -2.50. The molecular formula is C18H33N3O2. The second-order valence-corrected chi connectivity index (χ2v) is 7.79. The van der Waals surface area contributed by atoms with E-state index in [0.29, 0.717) is 17.9 Å². The van der Waals surface area contributed by atoms with Gasteiger partial charge >= 0.3 is 0 Å². The Morgan fingerprint density at radius 1 is 0.957 bits per heavy atom. The van der Waals surface area contributed by atoms with Crippen molar-refractivity contribution in [2.45, 2.75) is 57.1 Å². The van der Waals surface area contributed by atoms with Crippen LogP contribution in [0.15, 0.2) is 0 Å². The van der Waals surface area contributed by atoms with Crippen molar-refractivity contribution >= 4 is 5.91 Å². The summed E-state index contributed by atoms with van der Waals surface area (Å²) in [7, 11) is 2.12. The SMILES string of the molecule is CN1CCN(C(=O)CC2CCN(C3CCCCC3O)CC2)CC1. The lowest BCUT2D eigenvalue weighted by Gasteiger charge is -2.42. The molecule has 1 saturated carbocycles. The molecule has 0 bridgehead atoms. The van der Waals surface area contributed by atoms with Gasteiger partial charge in [0, 0.05) is 38.6 Å². The molecule has 2 saturated heterocycles. The van der Waals surface area contributed by atoms with E-state index < -0.39 is 0 Å². The zero-order chi connectivity index (χ0) is 16.2. The summed E-state index contributed by atoms with van der Waals surface area (Å²) in [5, 5.41) is 10.2. The Morgan fingerprint density at radius 2 is 1.61 bits per heavy atom. The molecule has 5 nitrogen and oxygen atoms in total. The molecule has 0 aromatic carbocycles. The highest BCUT2D eigenvalue weighted by molar-refractivity contribution is 5.76. The van der Waals surface area contributed by atoms with Gasteiger partial charge in [0.2, 0.25) is 5.91 Å². The Labute approximate surface area is 140 Å². The first-order valence-corrected chi connectivity index (χ1v) is 9.52. The molecule has 3 rings (SSSR count). The van der Waals surface area contributed by atoms with E-state index >= 15 is 0 Å². The van der Waals surface area contributed by atoms with Crippen LogP contribution in [-0.2, 0) is 4.79 Å². The van der Waals surface area contributed by atoms with Gasteiger partial charge in [0.1, 0.15) is 0 Å². The number of aliphatic hydroxyl groups excluding tert-OH is 1. The Balaban J connectivity index is 1.41. The number of nitrogens with zero attached hydrogens (tertiary/aromatic N) is 3. The van der Waals surface area contributed by atoms with Crippen LogP contribution in [0.3, 0.4) is 0 Å². The van der Waals surface area contributed by atoms with Crippen molar-refractivity contribution in [1.82, 2.24) is 14.7 Å². The van der Waals surface area contributed by atoms with Crippen molar-refractivity contribution in [3.8, 4) is 0 Å². The van der Waals surface area contributed by atoms with Crippen LogP contribution in [0.5, 0.6) is 0 Å². The number of amides is 1. The third-order valence-corrected chi connectivity index (χ3v) is 6.13. The van der Waals surface area contributed by atoms with Gasteiger partial charge in [-0.25, -0.2) is 0 Å². The lowest BCUT2D eigenvalue weighted by molar-refractivity contribution is -0.134. The summed E-state index contributed by atoms with van der Waals surface area (Å²) in [6, 6.07) is 0.373. The van der Waals surface area contributed by atoms with E-state index in [1.54, 1.807) is 0 Å². The van der Waals surface area contributed by atoms with Crippen LogP contribution >= 0.6 is 0 Å². The second-order valence-electron chi connectivity index (χ2n) is 7.79. The first-order chi connectivity index (χ1) is 11.1. The first-order valence-electron chi connectivity index (χ1n) is 9.52. The van der Waals surface area contributed by atoms with Crippen molar-refractivity contribution in [3.63, 3.8) is 0 Å². The van der Waals surface area contributed by atoms with Gasteiger partial charge in [-0.1, -0.05) is 12.8 Å². The van der Waals surface area contributed by atoms with Gasteiger partial charge < -0.3 is 14.9 Å². The Morgan fingerprint density at radius 3 is 2.26 bits per heavy atom. The number of rotatable bonds is 3. The molecule has 2 aliphatic heterocycles. The van der Waals surface area contributed by atoms with E-state index in [9.17, 15) is 9.90 Å². The monoisotopic (exact) mass is 323 g/mol. The Hall–Kier alpha value is -0.650. The van der Waals surface area contributed by atoms with E-state index in [0.717, 1.165) is 71.4 Å². The first kappa shape index (κ1) is 17.2. The number of likely N-dealkylation sites (tertiary alicyclic amines) is 1. The molecule has 5 heteroatoms. The van der Waals surface area contributed by atoms with E-state index in [1.807, 2.05) is 0 Å². The number of carbonyl (C=O) groups excluding carboxylic acids is 1. The van der Waals surface area contributed by atoms with Crippen molar-refractivity contribution in [2.24, 2.45) is 5.92 Å². The molecule has 132 valence electrons. The third kappa shape index (κ3) is 4.46. The maximum atomic E-state index is 12.5. The maximum absolute atomic E-state index is 12.5. The Kier molecular flexibility index (Phi) is 5.94. The minimum absolute atomic E-state index is 0.132. The van der Waals surface area contributed by atoms with Crippen LogP contribution < -0.4 is 0 Å². The molecule has 0 aromatic heterocycles. The third-order valence-electron chi connectivity index (χ3n) is 6.13. The molecule has 23 heavy (non-hydrogen) atoms. The topological polar surface area (TPSA) is 47.0 Å². The summed E-state index contributed by atoms with van der Waals surface area (Å²) in [5.74, 6) is 0.897. The number of piperazine rings is 1. The maximum Gasteiger partial charge on any atom is 0.222 e. The number of hydrogen-bond acceptors (Lipinski definition) is 4. The average molecular weight is 323 g/mol. The zero-order valence-electron chi connectivity index (χ0n) is 14.6. The van der Waals surface area contributed by atoms with E-state index in [4.69, 9.17) is 0 Å². The number of piperidine rings is 1. The smallest absolute Gasteiger partial charge is 0.222 e. The number of hydrogen-bond donors (Lipinski definition) is 1. The van der Waals surface area contributed by atoms with Crippen LogP contribution in [0.2, 0.25) is 0 Å². The minimum Gasteiger partial charge on any atom is -0.391 e. The predicted octanol–water partition coefficient (Wildman–Crippen LogP) is 1.17. The molecule has 1 aliphatic carbocycles. The van der Waals surface area contributed by atoms with Gasteiger partial charge in [-0.2, -0.15) is 0 Å². The fraction of sp³-hybridized carbons (Fsp3) is 0.944. The minimum atomic E-state index is -0.132. The number of aliphatic hydroxyl groups is 1. The van der Waals surface area contributed by atoms with Gasteiger partial charge in [0.25, 0.3) is 0 Å². The zero-order valence-corrected chi connectivity index (χ0v) is 14.6. The molecule has 0 aromatic rings. The summed E-state index contributed by atoms with van der Waals surface area (Å²) in [6.45, 7) is 5.91. The predicted molar refractivity (Wildman–Crippen MR) is 91.3 cm³/mol. The summed E-state index contributed by atoms with van der Waals surface area (Å²) >= 11 is 0. The molecule has 3 aliphatic rings. The summed E-state index contributed by atoms with van der Waals surface area (Å²) < 4.78 is 0. The summed E-state index contributed by atoms with van der Waals surface area (Å²) in [4.78, 5) is 19.3. The van der Waals surface area contributed by atoms with Crippen LogP contribution in [-0.4, -0.2) is 84.2 Å². The quantitative estimate of drug-likeness (QED) is 0.847. The van der Waals surface area contributed by atoms with E-state index in [1.165, 1.54) is 12.8 Å². The molecule has 1 amide bonds. The van der Waals surface area contributed by atoms with Gasteiger partial charge in [0.15, 0.2) is 0 Å². The standard InChI is InChI=1S/C18H33N3O2/c1-19-10-12-21(13-11-19)18(23)14-15-6-8-20(9-7-15)16-4-2-3-5-17(16)22/h15-17,22H,2-14H2,1H3. The summed E-state index contributed by atoms with van der Waals surface area (Å²) in [5.41, 5.74) is 0. The molecule has 0 radical (unpaired) electrons. The van der Waals surface area contributed by atoms with Gasteiger partial charge in [-0.3, -0.25) is 9.69 Å². The van der Waals surface area contributed by atoms with Crippen molar-refractivity contribution in [1.29, 1.82) is 0 Å². The molecule has 3 fully saturated rings. The van der Waals surface area contributed by atoms with Crippen LogP contribution in [0, 0.1) is 5.92 Å². The normalized spacial score (nSPS) is 32.2. The molecule has 2 unspecified atom stereocenters. The summed E-state index contributed by atoms with van der Waals surface area (Å²) in [6.07, 6.45) is 7.36. The second kappa shape index (κ2) is 7.95. The molecule has 2 heterocycles. The fourth-order valence-electron chi connectivity index (χ4n) is 4.44. The van der Waals surface area contributed by atoms with Crippen LogP contribution in [0.4, 0.5) is 0 Å².